The third-order valence-electron chi connectivity index (χ3n) is 6.16. The SMILES string of the molecule is CCC1CN(CC2CC3CCC2C3)C(C(C)C)CN1. The summed E-state index contributed by atoms with van der Waals surface area (Å²) < 4.78 is 0. The lowest BCUT2D eigenvalue weighted by Crippen LogP contribution is -2.59. The first-order valence-electron chi connectivity index (χ1n) is 8.64. The van der Waals surface area contributed by atoms with Crippen LogP contribution in [0.5, 0.6) is 0 Å². The minimum absolute atomic E-state index is 0.730. The van der Waals surface area contributed by atoms with E-state index in [4.69, 9.17) is 0 Å². The van der Waals surface area contributed by atoms with E-state index in [-0.39, 0.29) is 0 Å². The van der Waals surface area contributed by atoms with Crippen molar-refractivity contribution < 1.29 is 0 Å². The molecule has 1 saturated heterocycles. The van der Waals surface area contributed by atoms with E-state index in [1.807, 2.05) is 0 Å². The maximum atomic E-state index is 3.75. The molecule has 110 valence electrons. The van der Waals surface area contributed by atoms with Gasteiger partial charge >= 0.3 is 0 Å². The van der Waals surface area contributed by atoms with Crippen molar-refractivity contribution in [3.05, 3.63) is 0 Å². The van der Waals surface area contributed by atoms with Crippen molar-refractivity contribution in [2.24, 2.45) is 23.7 Å². The van der Waals surface area contributed by atoms with Gasteiger partial charge in [-0.1, -0.05) is 27.2 Å². The Labute approximate surface area is 119 Å². The summed E-state index contributed by atoms with van der Waals surface area (Å²) in [5, 5.41) is 3.75. The van der Waals surface area contributed by atoms with Crippen molar-refractivity contribution in [3.63, 3.8) is 0 Å². The molecular weight excluding hydrogens is 232 g/mol. The van der Waals surface area contributed by atoms with Crippen LogP contribution in [0.3, 0.4) is 0 Å². The molecule has 2 nitrogen and oxygen atoms in total. The molecule has 3 rings (SSSR count). The molecule has 2 saturated carbocycles. The number of hydrogen-bond acceptors (Lipinski definition) is 2. The van der Waals surface area contributed by atoms with Gasteiger partial charge in [-0.25, -0.2) is 0 Å². The fourth-order valence-electron chi connectivity index (χ4n) is 4.94. The quantitative estimate of drug-likeness (QED) is 0.839. The molecule has 1 aliphatic heterocycles. The van der Waals surface area contributed by atoms with Crippen LogP contribution in [-0.2, 0) is 0 Å². The van der Waals surface area contributed by atoms with Crippen LogP contribution >= 0.6 is 0 Å². The maximum Gasteiger partial charge on any atom is 0.0244 e. The summed E-state index contributed by atoms with van der Waals surface area (Å²) in [6.45, 7) is 11.0. The Kier molecular flexibility index (Phi) is 4.19. The molecule has 19 heavy (non-hydrogen) atoms. The van der Waals surface area contributed by atoms with Crippen molar-refractivity contribution in [2.45, 2.75) is 65.0 Å². The first-order chi connectivity index (χ1) is 9.17. The van der Waals surface area contributed by atoms with Gasteiger partial charge in [-0.2, -0.15) is 0 Å². The summed E-state index contributed by atoms with van der Waals surface area (Å²) >= 11 is 0. The van der Waals surface area contributed by atoms with Crippen LogP contribution in [0.15, 0.2) is 0 Å². The molecule has 1 heterocycles. The molecule has 0 amide bonds. The van der Waals surface area contributed by atoms with E-state index in [0.29, 0.717) is 0 Å². The molecule has 2 heteroatoms. The van der Waals surface area contributed by atoms with Crippen LogP contribution in [0.2, 0.25) is 0 Å². The molecule has 2 aliphatic carbocycles. The van der Waals surface area contributed by atoms with Gasteiger partial charge in [-0.15, -0.1) is 0 Å². The lowest BCUT2D eigenvalue weighted by Gasteiger charge is -2.44. The normalized spacial score (nSPS) is 43.3. The second-order valence-electron chi connectivity index (χ2n) is 7.71. The van der Waals surface area contributed by atoms with Crippen molar-refractivity contribution in [1.29, 1.82) is 0 Å². The highest BCUT2D eigenvalue weighted by Crippen LogP contribution is 2.48. The smallest absolute Gasteiger partial charge is 0.0244 e. The van der Waals surface area contributed by atoms with E-state index >= 15 is 0 Å². The Morgan fingerprint density at radius 2 is 2.05 bits per heavy atom. The second kappa shape index (κ2) is 5.73. The molecular formula is C17H32N2. The van der Waals surface area contributed by atoms with Gasteiger partial charge in [-0.05, 0) is 49.4 Å². The fourth-order valence-corrected chi connectivity index (χ4v) is 4.94. The van der Waals surface area contributed by atoms with Crippen LogP contribution in [0, 0.1) is 23.7 Å². The topological polar surface area (TPSA) is 15.3 Å². The number of fused-ring (bicyclic) bond motifs is 2. The van der Waals surface area contributed by atoms with Gasteiger partial charge in [0.05, 0.1) is 0 Å². The number of nitrogens with zero attached hydrogens (tertiary/aromatic N) is 1. The predicted molar refractivity (Wildman–Crippen MR) is 81.2 cm³/mol. The summed E-state index contributed by atoms with van der Waals surface area (Å²) in [5.41, 5.74) is 0. The lowest BCUT2D eigenvalue weighted by molar-refractivity contribution is 0.0693. The highest BCUT2D eigenvalue weighted by molar-refractivity contribution is 4.94. The molecule has 2 bridgehead atoms. The molecule has 0 aromatic heterocycles. The molecule has 3 fully saturated rings. The Hall–Kier alpha value is -0.0800. The van der Waals surface area contributed by atoms with Crippen LogP contribution in [-0.4, -0.2) is 36.6 Å². The molecule has 5 unspecified atom stereocenters. The Morgan fingerprint density at radius 1 is 1.21 bits per heavy atom. The Bertz CT molecular complexity index is 302. The van der Waals surface area contributed by atoms with Gasteiger partial charge in [0.1, 0.15) is 0 Å². The van der Waals surface area contributed by atoms with E-state index < -0.39 is 0 Å². The van der Waals surface area contributed by atoms with Crippen molar-refractivity contribution in [2.75, 3.05) is 19.6 Å². The van der Waals surface area contributed by atoms with E-state index in [1.165, 1.54) is 45.3 Å². The van der Waals surface area contributed by atoms with Crippen LogP contribution in [0.1, 0.15) is 52.9 Å². The van der Waals surface area contributed by atoms with E-state index in [0.717, 1.165) is 35.8 Å². The fraction of sp³-hybridized carbons (Fsp3) is 1.00. The van der Waals surface area contributed by atoms with Gasteiger partial charge in [0, 0.05) is 31.7 Å². The average molecular weight is 264 g/mol. The zero-order chi connectivity index (χ0) is 13.4. The van der Waals surface area contributed by atoms with Gasteiger partial charge in [-0.3, -0.25) is 4.90 Å². The zero-order valence-corrected chi connectivity index (χ0v) is 13.1. The minimum atomic E-state index is 0.730. The number of rotatable bonds is 4. The minimum Gasteiger partial charge on any atom is -0.311 e. The van der Waals surface area contributed by atoms with E-state index in [2.05, 4.69) is 31.0 Å². The van der Waals surface area contributed by atoms with Crippen molar-refractivity contribution in [1.82, 2.24) is 10.2 Å². The van der Waals surface area contributed by atoms with Crippen LogP contribution in [0.25, 0.3) is 0 Å². The standard InChI is InChI=1S/C17H32N2/c1-4-16-11-19(17(9-18-16)12(2)3)10-15-8-13-5-6-14(15)7-13/h12-18H,4-11H2,1-3H3. The Balaban J connectivity index is 1.62. The van der Waals surface area contributed by atoms with Gasteiger partial charge in [0.2, 0.25) is 0 Å². The molecule has 0 spiro atoms. The highest BCUT2D eigenvalue weighted by atomic mass is 15.2. The van der Waals surface area contributed by atoms with Gasteiger partial charge in [0.15, 0.2) is 0 Å². The van der Waals surface area contributed by atoms with E-state index in [1.54, 1.807) is 6.42 Å². The molecule has 0 aromatic carbocycles. The second-order valence-corrected chi connectivity index (χ2v) is 7.71. The molecule has 3 aliphatic rings. The average Bonchev–Trinajstić information content (AvgIpc) is 3.00. The van der Waals surface area contributed by atoms with Crippen LogP contribution < -0.4 is 5.32 Å². The molecule has 1 N–H and O–H groups in total. The molecule has 5 atom stereocenters. The Morgan fingerprint density at radius 3 is 2.63 bits per heavy atom. The summed E-state index contributed by atoms with van der Waals surface area (Å²) in [7, 11) is 0. The predicted octanol–water partition coefficient (Wildman–Crippen LogP) is 3.13. The first-order valence-corrected chi connectivity index (χ1v) is 8.64. The maximum absolute atomic E-state index is 3.75. The third kappa shape index (κ3) is 2.85. The molecule has 0 radical (unpaired) electrons. The van der Waals surface area contributed by atoms with Crippen LogP contribution in [0.4, 0.5) is 0 Å². The monoisotopic (exact) mass is 264 g/mol. The third-order valence-corrected chi connectivity index (χ3v) is 6.16. The zero-order valence-electron chi connectivity index (χ0n) is 13.1. The first kappa shape index (κ1) is 13.9. The number of piperazine rings is 1. The largest absolute Gasteiger partial charge is 0.311 e. The number of nitrogens with one attached hydrogen (secondary N) is 1. The number of hydrogen-bond donors (Lipinski definition) is 1. The molecule has 0 aromatic rings. The van der Waals surface area contributed by atoms with Crippen molar-refractivity contribution in [3.8, 4) is 0 Å². The van der Waals surface area contributed by atoms with Gasteiger partial charge in [0.25, 0.3) is 0 Å². The van der Waals surface area contributed by atoms with Gasteiger partial charge < -0.3 is 5.32 Å². The summed E-state index contributed by atoms with van der Waals surface area (Å²) in [6.07, 6.45) is 7.44. The van der Waals surface area contributed by atoms with Crippen molar-refractivity contribution >= 4 is 0 Å². The van der Waals surface area contributed by atoms with E-state index in [9.17, 15) is 0 Å². The highest BCUT2D eigenvalue weighted by Gasteiger charge is 2.41. The summed E-state index contributed by atoms with van der Waals surface area (Å²) in [6, 6.07) is 1.50. The lowest BCUT2D eigenvalue weighted by atomic mass is 9.87. The summed E-state index contributed by atoms with van der Waals surface area (Å²) in [5.74, 6) is 3.98. The summed E-state index contributed by atoms with van der Waals surface area (Å²) in [4.78, 5) is 2.85.